The molecule has 0 spiro atoms. The van der Waals surface area contributed by atoms with E-state index in [0.717, 1.165) is 5.69 Å². The fourth-order valence-electron chi connectivity index (χ4n) is 1.90. The van der Waals surface area contributed by atoms with Gasteiger partial charge in [-0.2, -0.15) is 0 Å². The number of nitrogens with two attached hydrogens (primary N) is 1. The average molecular weight is 235 g/mol. The van der Waals surface area contributed by atoms with Crippen molar-refractivity contribution in [2.24, 2.45) is 5.84 Å². The zero-order valence-electron chi connectivity index (χ0n) is 9.85. The SMILES string of the molecule is CC1COCCN1C(=O)c1ccc(NN)cc1. The minimum absolute atomic E-state index is 0.0457. The monoisotopic (exact) mass is 235 g/mol. The molecule has 1 unspecified atom stereocenters. The summed E-state index contributed by atoms with van der Waals surface area (Å²) in [6.07, 6.45) is 0. The van der Waals surface area contributed by atoms with E-state index in [4.69, 9.17) is 10.6 Å². The highest BCUT2D eigenvalue weighted by molar-refractivity contribution is 5.94. The van der Waals surface area contributed by atoms with Gasteiger partial charge in [0.25, 0.3) is 5.91 Å². The van der Waals surface area contributed by atoms with E-state index in [2.05, 4.69) is 5.43 Å². The minimum atomic E-state index is 0.0457. The molecule has 1 aromatic carbocycles. The van der Waals surface area contributed by atoms with Crippen molar-refractivity contribution < 1.29 is 9.53 Å². The van der Waals surface area contributed by atoms with E-state index >= 15 is 0 Å². The third kappa shape index (κ3) is 2.57. The van der Waals surface area contributed by atoms with Gasteiger partial charge in [-0.15, -0.1) is 0 Å². The van der Waals surface area contributed by atoms with Crippen LogP contribution in [0.5, 0.6) is 0 Å². The predicted octanol–water partition coefficient (Wildman–Crippen LogP) is 0.833. The molecule has 2 rings (SSSR count). The lowest BCUT2D eigenvalue weighted by Gasteiger charge is -2.33. The molecule has 0 aromatic heterocycles. The predicted molar refractivity (Wildman–Crippen MR) is 65.6 cm³/mol. The second-order valence-corrected chi connectivity index (χ2v) is 4.14. The highest BCUT2D eigenvalue weighted by Crippen LogP contribution is 2.14. The van der Waals surface area contributed by atoms with Crippen molar-refractivity contribution in [3.63, 3.8) is 0 Å². The van der Waals surface area contributed by atoms with Gasteiger partial charge >= 0.3 is 0 Å². The largest absolute Gasteiger partial charge is 0.377 e. The number of carbonyl (C=O) groups excluding carboxylic acids is 1. The standard InChI is InChI=1S/C12H17N3O2/c1-9-8-17-7-6-15(9)12(16)10-2-4-11(14-13)5-3-10/h2-5,9,14H,6-8,13H2,1H3. The molecule has 1 aliphatic heterocycles. The van der Waals surface area contributed by atoms with Crippen molar-refractivity contribution >= 4 is 11.6 Å². The van der Waals surface area contributed by atoms with Crippen LogP contribution in [0.4, 0.5) is 5.69 Å². The van der Waals surface area contributed by atoms with Gasteiger partial charge in [0, 0.05) is 17.8 Å². The Bertz CT molecular complexity index is 391. The van der Waals surface area contributed by atoms with Crippen molar-refractivity contribution in [2.75, 3.05) is 25.2 Å². The van der Waals surface area contributed by atoms with Crippen LogP contribution < -0.4 is 11.3 Å². The summed E-state index contributed by atoms with van der Waals surface area (Å²) in [6.45, 7) is 3.86. The number of rotatable bonds is 2. The molecule has 3 N–H and O–H groups in total. The van der Waals surface area contributed by atoms with Crippen LogP contribution in [0.3, 0.4) is 0 Å². The first-order chi connectivity index (χ1) is 8.22. The molecular weight excluding hydrogens is 218 g/mol. The molecule has 17 heavy (non-hydrogen) atoms. The van der Waals surface area contributed by atoms with Gasteiger partial charge in [-0.25, -0.2) is 0 Å². The van der Waals surface area contributed by atoms with Gasteiger partial charge in [0.1, 0.15) is 0 Å². The molecule has 1 amide bonds. The number of hydrogen-bond donors (Lipinski definition) is 2. The fourth-order valence-corrected chi connectivity index (χ4v) is 1.90. The van der Waals surface area contributed by atoms with E-state index in [9.17, 15) is 4.79 Å². The Hall–Kier alpha value is -1.59. The van der Waals surface area contributed by atoms with Gasteiger partial charge in [-0.05, 0) is 31.2 Å². The van der Waals surface area contributed by atoms with Crippen LogP contribution in [0.1, 0.15) is 17.3 Å². The molecule has 1 aromatic rings. The van der Waals surface area contributed by atoms with E-state index < -0.39 is 0 Å². The Kier molecular flexibility index (Phi) is 3.61. The van der Waals surface area contributed by atoms with Crippen molar-refractivity contribution in [1.82, 2.24) is 4.90 Å². The number of benzene rings is 1. The van der Waals surface area contributed by atoms with Crippen LogP contribution in [0.15, 0.2) is 24.3 Å². The Morgan fingerprint density at radius 1 is 1.47 bits per heavy atom. The molecule has 1 fully saturated rings. The molecule has 5 heteroatoms. The lowest BCUT2D eigenvalue weighted by atomic mass is 10.1. The number of nitrogens with zero attached hydrogens (tertiary/aromatic N) is 1. The van der Waals surface area contributed by atoms with Crippen molar-refractivity contribution in [3.8, 4) is 0 Å². The topological polar surface area (TPSA) is 67.6 Å². The Morgan fingerprint density at radius 3 is 2.76 bits per heavy atom. The van der Waals surface area contributed by atoms with Crippen molar-refractivity contribution in [3.05, 3.63) is 29.8 Å². The zero-order chi connectivity index (χ0) is 12.3. The molecule has 0 saturated carbocycles. The molecular formula is C12H17N3O2. The lowest BCUT2D eigenvalue weighted by molar-refractivity contribution is 0.00359. The summed E-state index contributed by atoms with van der Waals surface area (Å²) in [4.78, 5) is 14.1. The van der Waals surface area contributed by atoms with Crippen molar-refractivity contribution in [2.45, 2.75) is 13.0 Å². The molecule has 1 atom stereocenters. The number of anilines is 1. The van der Waals surface area contributed by atoms with E-state index in [1.807, 2.05) is 11.8 Å². The quantitative estimate of drug-likeness (QED) is 0.588. The van der Waals surface area contributed by atoms with E-state index in [-0.39, 0.29) is 11.9 Å². The first kappa shape index (κ1) is 11.9. The molecule has 5 nitrogen and oxygen atoms in total. The third-order valence-electron chi connectivity index (χ3n) is 2.93. The maximum atomic E-state index is 12.2. The van der Waals surface area contributed by atoms with E-state index in [0.29, 0.717) is 25.3 Å². The van der Waals surface area contributed by atoms with Gasteiger partial charge in [-0.3, -0.25) is 10.6 Å². The average Bonchev–Trinajstić information content (AvgIpc) is 2.39. The zero-order valence-corrected chi connectivity index (χ0v) is 9.85. The molecule has 0 aliphatic carbocycles. The number of ether oxygens (including phenoxy) is 1. The second kappa shape index (κ2) is 5.16. The van der Waals surface area contributed by atoms with Crippen molar-refractivity contribution in [1.29, 1.82) is 0 Å². The molecule has 1 saturated heterocycles. The first-order valence-corrected chi connectivity index (χ1v) is 5.68. The molecule has 0 radical (unpaired) electrons. The third-order valence-corrected chi connectivity index (χ3v) is 2.93. The summed E-state index contributed by atoms with van der Waals surface area (Å²) in [5.74, 6) is 5.32. The molecule has 92 valence electrons. The van der Waals surface area contributed by atoms with Gasteiger partial charge < -0.3 is 15.1 Å². The maximum absolute atomic E-state index is 12.2. The molecule has 0 bridgehead atoms. The number of nitrogen functional groups attached to an aromatic ring is 1. The second-order valence-electron chi connectivity index (χ2n) is 4.14. The van der Waals surface area contributed by atoms with E-state index in [1.165, 1.54) is 0 Å². The maximum Gasteiger partial charge on any atom is 0.254 e. The van der Waals surface area contributed by atoms with Crippen LogP contribution in [-0.2, 0) is 4.74 Å². The summed E-state index contributed by atoms with van der Waals surface area (Å²) in [7, 11) is 0. The first-order valence-electron chi connectivity index (χ1n) is 5.68. The number of carbonyl (C=O) groups is 1. The Balaban J connectivity index is 2.12. The van der Waals surface area contributed by atoms with Crippen LogP contribution >= 0.6 is 0 Å². The highest BCUT2D eigenvalue weighted by atomic mass is 16.5. The lowest BCUT2D eigenvalue weighted by Crippen LogP contribution is -2.47. The van der Waals surface area contributed by atoms with E-state index in [1.54, 1.807) is 24.3 Å². The number of hydrogen-bond acceptors (Lipinski definition) is 4. The number of morpholine rings is 1. The Morgan fingerprint density at radius 2 is 2.18 bits per heavy atom. The molecule has 1 aliphatic rings. The van der Waals surface area contributed by atoms with Crippen LogP contribution in [0, 0.1) is 0 Å². The molecule has 1 heterocycles. The number of nitrogens with one attached hydrogen (secondary N) is 1. The smallest absolute Gasteiger partial charge is 0.254 e. The minimum Gasteiger partial charge on any atom is -0.377 e. The Labute approximate surface area is 101 Å². The summed E-state index contributed by atoms with van der Waals surface area (Å²) < 4.78 is 5.31. The summed E-state index contributed by atoms with van der Waals surface area (Å²) in [6, 6.07) is 7.26. The van der Waals surface area contributed by atoms with Gasteiger partial charge in [-0.1, -0.05) is 0 Å². The number of hydrazine groups is 1. The van der Waals surface area contributed by atoms with Crippen LogP contribution in [-0.4, -0.2) is 36.6 Å². The van der Waals surface area contributed by atoms with Gasteiger partial charge in [0.15, 0.2) is 0 Å². The van der Waals surface area contributed by atoms with Gasteiger partial charge in [0.05, 0.1) is 19.3 Å². The fraction of sp³-hybridized carbons (Fsp3) is 0.417. The normalized spacial score (nSPS) is 20.1. The summed E-state index contributed by atoms with van der Waals surface area (Å²) in [5.41, 5.74) is 4.00. The summed E-state index contributed by atoms with van der Waals surface area (Å²) >= 11 is 0. The van der Waals surface area contributed by atoms with Gasteiger partial charge in [0.2, 0.25) is 0 Å². The van der Waals surface area contributed by atoms with Crippen LogP contribution in [0.25, 0.3) is 0 Å². The summed E-state index contributed by atoms with van der Waals surface area (Å²) in [5, 5.41) is 0. The number of amides is 1. The highest BCUT2D eigenvalue weighted by Gasteiger charge is 2.24. The van der Waals surface area contributed by atoms with Crippen LogP contribution in [0.2, 0.25) is 0 Å².